The molecular weight excluding hydrogens is 226 g/mol. The molecule has 1 fully saturated rings. The molecule has 0 atom stereocenters. The van der Waals surface area contributed by atoms with Crippen LogP contribution in [0.1, 0.15) is 31.9 Å². The summed E-state index contributed by atoms with van der Waals surface area (Å²) in [7, 11) is 0. The zero-order valence-electron chi connectivity index (χ0n) is 11.1. The Kier molecular flexibility index (Phi) is 4.96. The van der Waals surface area contributed by atoms with Gasteiger partial charge in [-0.05, 0) is 31.4 Å². The molecule has 0 spiro atoms. The number of aliphatic hydroxyl groups excluding tert-OH is 1. The molecule has 2 N–H and O–H groups in total. The minimum Gasteiger partial charge on any atom is -0.393 e. The predicted molar refractivity (Wildman–Crippen MR) is 73.5 cm³/mol. The van der Waals surface area contributed by atoms with E-state index in [1.165, 1.54) is 0 Å². The van der Waals surface area contributed by atoms with Gasteiger partial charge in [-0.25, -0.2) is 0 Å². The van der Waals surface area contributed by atoms with Crippen LogP contribution in [0.15, 0.2) is 18.3 Å². The number of aliphatic hydroxyl groups is 1. The molecule has 0 aliphatic carbocycles. The van der Waals surface area contributed by atoms with E-state index in [2.05, 4.69) is 28.2 Å². The highest BCUT2D eigenvalue weighted by Crippen LogP contribution is 2.14. The van der Waals surface area contributed by atoms with Crippen molar-refractivity contribution in [1.29, 1.82) is 0 Å². The van der Waals surface area contributed by atoms with Crippen LogP contribution in [0, 0.1) is 0 Å². The summed E-state index contributed by atoms with van der Waals surface area (Å²) in [5.41, 5.74) is 2.26. The molecule has 1 aliphatic rings. The Morgan fingerprint density at radius 2 is 2.22 bits per heavy atom. The molecule has 0 unspecified atom stereocenters. The molecule has 2 heterocycles. The number of piperidine rings is 1. The van der Waals surface area contributed by atoms with E-state index in [0.717, 1.165) is 56.8 Å². The van der Waals surface area contributed by atoms with Crippen LogP contribution in [0.5, 0.6) is 0 Å². The number of hydrogen-bond acceptors (Lipinski definition) is 4. The van der Waals surface area contributed by atoms with Crippen molar-refractivity contribution >= 4 is 5.69 Å². The number of likely N-dealkylation sites (tertiary alicyclic amines) is 1. The van der Waals surface area contributed by atoms with Crippen molar-refractivity contribution in [2.75, 3.05) is 25.0 Å². The zero-order valence-corrected chi connectivity index (χ0v) is 11.1. The van der Waals surface area contributed by atoms with Gasteiger partial charge in [0.1, 0.15) is 0 Å². The summed E-state index contributed by atoms with van der Waals surface area (Å²) in [5.74, 6) is 0. The van der Waals surface area contributed by atoms with Gasteiger partial charge >= 0.3 is 0 Å². The van der Waals surface area contributed by atoms with Crippen LogP contribution in [-0.2, 0) is 6.54 Å². The SMILES string of the molecule is CCCNc1ccnc(CN2CCC(O)CC2)c1. The highest BCUT2D eigenvalue weighted by molar-refractivity contribution is 5.43. The standard InChI is InChI=1S/C14H23N3O/c1-2-6-15-12-3-7-16-13(10-12)11-17-8-4-14(18)5-9-17/h3,7,10,14,18H,2,4-6,8-9,11H2,1H3,(H,15,16). The van der Waals surface area contributed by atoms with E-state index in [9.17, 15) is 5.11 Å². The van der Waals surface area contributed by atoms with E-state index in [4.69, 9.17) is 0 Å². The molecule has 0 saturated carbocycles. The van der Waals surface area contributed by atoms with Crippen LogP contribution in [-0.4, -0.2) is 40.7 Å². The second-order valence-electron chi connectivity index (χ2n) is 4.97. The molecule has 1 saturated heterocycles. The molecule has 0 aromatic carbocycles. The molecule has 2 rings (SSSR count). The van der Waals surface area contributed by atoms with E-state index in [1.54, 1.807) is 0 Å². The lowest BCUT2D eigenvalue weighted by Gasteiger charge is -2.29. The van der Waals surface area contributed by atoms with Gasteiger partial charge in [-0.1, -0.05) is 6.92 Å². The van der Waals surface area contributed by atoms with E-state index < -0.39 is 0 Å². The van der Waals surface area contributed by atoms with Gasteiger partial charge in [-0.15, -0.1) is 0 Å². The van der Waals surface area contributed by atoms with E-state index in [-0.39, 0.29) is 6.10 Å². The minimum atomic E-state index is -0.105. The first kappa shape index (κ1) is 13.3. The maximum Gasteiger partial charge on any atom is 0.0564 e. The van der Waals surface area contributed by atoms with Crippen LogP contribution in [0.2, 0.25) is 0 Å². The van der Waals surface area contributed by atoms with Crippen molar-refractivity contribution in [1.82, 2.24) is 9.88 Å². The van der Waals surface area contributed by atoms with Gasteiger partial charge in [0, 0.05) is 38.1 Å². The Morgan fingerprint density at radius 3 is 2.94 bits per heavy atom. The number of nitrogens with one attached hydrogen (secondary N) is 1. The summed E-state index contributed by atoms with van der Waals surface area (Å²) >= 11 is 0. The Hall–Kier alpha value is -1.13. The number of nitrogens with zero attached hydrogens (tertiary/aromatic N) is 2. The van der Waals surface area contributed by atoms with Crippen LogP contribution in [0.4, 0.5) is 5.69 Å². The lowest BCUT2D eigenvalue weighted by molar-refractivity contribution is 0.0787. The number of anilines is 1. The lowest BCUT2D eigenvalue weighted by Crippen LogP contribution is -2.35. The summed E-state index contributed by atoms with van der Waals surface area (Å²) < 4.78 is 0. The molecule has 0 amide bonds. The van der Waals surface area contributed by atoms with Gasteiger partial charge < -0.3 is 10.4 Å². The van der Waals surface area contributed by atoms with Gasteiger partial charge in [0.15, 0.2) is 0 Å². The fourth-order valence-corrected chi connectivity index (χ4v) is 2.25. The summed E-state index contributed by atoms with van der Waals surface area (Å²) in [6.07, 6.45) is 4.65. The number of hydrogen-bond donors (Lipinski definition) is 2. The van der Waals surface area contributed by atoms with E-state index in [1.807, 2.05) is 12.3 Å². The molecular formula is C14H23N3O. The van der Waals surface area contributed by atoms with Crippen molar-refractivity contribution in [2.24, 2.45) is 0 Å². The number of pyridine rings is 1. The zero-order chi connectivity index (χ0) is 12.8. The fraction of sp³-hybridized carbons (Fsp3) is 0.643. The number of rotatable bonds is 5. The molecule has 0 bridgehead atoms. The molecule has 0 radical (unpaired) electrons. The summed E-state index contributed by atoms with van der Waals surface area (Å²) in [6.45, 7) is 5.98. The monoisotopic (exact) mass is 249 g/mol. The van der Waals surface area contributed by atoms with Crippen molar-refractivity contribution < 1.29 is 5.11 Å². The largest absolute Gasteiger partial charge is 0.393 e. The summed E-state index contributed by atoms with van der Waals surface area (Å²) in [5, 5.41) is 12.9. The first-order valence-electron chi connectivity index (χ1n) is 6.87. The van der Waals surface area contributed by atoms with E-state index >= 15 is 0 Å². The maximum absolute atomic E-state index is 9.48. The van der Waals surface area contributed by atoms with Gasteiger partial charge in [0.05, 0.1) is 11.8 Å². The fourth-order valence-electron chi connectivity index (χ4n) is 2.25. The van der Waals surface area contributed by atoms with Crippen LogP contribution >= 0.6 is 0 Å². The van der Waals surface area contributed by atoms with Gasteiger partial charge in [0.25, 0.3) is 0 Å². The van der Waals surface area contributed by atoms with Crippen molar-refractivity contribution in [3.05, 3.63) is 24.0 Å². The highest BCUT2D eigenvalue weighted by Gasteiger charge is 2.17. The highest BCUT2D eigenvalue weighted by atomic mass is 16.3. The van der Waals surface area contributed by atoms with Gasteiger partial charge in [-0.3, -0.25) is 9.88 Å². The van der Waals surface area contributed by atoms with Crippen molar-refractivity contribution in [3.8, 4) is 0 Å². The summed E-state index contributed by atoms with van der Waals surface area (Å²) in [6, 6.07) is 4.14. The Labute approximate surface area is 109 Å². The van der Waals surface area contributed by atoms with Crippen molar-refractivity contribution in [2.45, 2.75) is 38.8 Å². The third-order valence-corrected chi connectivity index (χ3v) is 3.34. The van der Waals surface area contributed by atoms with Crippen LogP contribution in [0.25, 0.3) is 0 Å². The Balaban J connectivity index is 1.88. The minimum absolute atomic E-state index is 0.105. The quantitative estimate of drug-likeness (QED) is 0.836. The van der Waals surface area contributed by atoms with E-state index in [0.29, 0.717) is 0 Å². The topological polar surface area (TPSA) is 48.4 Å². The lowest BCUT2D eigenvalue weighted by atomic mass is 10.1. The Morgan fingerprint density at radius 1 is 1.44 bits per heavy atom. The molecule has 100 valence electrons. The number of aromatic nitrogens is 1. The first-order valence-corrected chi connectivity index (χ1v) is 6.87. The normalized spacial score (nSPS) is 17.9. The average molecular weight is 249 g/mol. The molecule has 18 heavy (non-hydrogen) atoms. The second kappa shape index (κ2) is 6.71. The second-order valence-corrected chi connectivity index (χ2v) is 4.97. The average Bonchev–Trinajstić information content (AvgIpc) is 2.40. The van der Waals surface area contributed by atoms with Crippen LogP contribution in [0.3, 0.4) is 0 Å². The predicted octanol–water partition coefficient (Wildman–Crippen LogP) is 1.86. The van der Waals surface area contributed by atoms with Crippen molar-refractivity contribution in [3.63, 3.8) is 0 Å². The Bertz CT molecular complexity index is 362. The third-order valence-electron chi connectivity index (χ3n) is 3.34. The van der Waals surface area contributed by atoms with Gasteiger partial charge in [-0.2, -0.15) is 0 Å². The molecule has 1 aromatic rings. The third kappa shape index (κ3) is 3.96. The molecule has 1 aliphatic heterocycles. The first-order chi connectivity index (χ1) is 8.78. The maximum atomic E-state index is 9.48. The molecule has 1 aromatic heterocycles. The van der Waals surface area contributed by atoms with Gasteiger partial charge in [0.2, 0.25) is 0 Å². The molecule has 4 heteroatoms. The summed E-state index contributed by atoms with van der Waals surface area (Å²) in [4.78, 5) is 6.78. The van der Waals surface area contributed by atoms with Crippen LogP contribution < -0.4 is 5.32 Å². The smallest absolute Gasteiger partial charge is 0.0564 e. The molecule has 4 nitrogen and oxygen atoms in total.